The van der Waals surface area contributed by atoms with Crippen LogP contribution in [0, 0.1) is 11.8 Å². The van der Waals surface area contributed by atoms with Crippen LogP contribution in [0.3, 0.4) is 0 Å². The van der Waals surface area contributed by atoms with Crippen LogP contribution in [-0.2, 0) is 16.0 Å². The molecule has 144 valence electrons. The van der Waals surface area contributed by atoms with Gasteiger partial charge in [-0.05, 0) is 30.0 Å². The summed E-state index contributed by atoms with van der Waals surface area (Å²) in [6, 6.07) is 11.5. The number of amides is 2. The van der Waals surface area contributed by atoms with Crippen LogP contribution in [-0.4, -0.2) is 35.5 Å². The van der Waals surface area contributed by atoms with E-state index in [2.05, 4.69) is 10.6 Å². The van der Waals surface area contributed by atoms with Gasteiger partial charge in [0, 0.05) is 6.54 Å². The molecule has 1 aromatic heterocycles. The van der Waals surface area contributed by atoms with Crippen molar-refractivity contribution in [3.63, 3.8) is 0 Å². The lowest BCUT2D eigenvalue weighted by Crippen LogP contribution is -2.51. The molecule has 27 heavy (non-hydrogen) atoms. The van der Waals surface area contributed by atoms with E-state index in [0.717, 1.165) is 5.56 Å². The van der Waals surface area contributed by atoms with Crippen LogP contribution in [0.2, 0.25) is 0 Å². The van der Waals surface area contributed by atoms with Crippen molar-refractivity contribution in [3.05, 3.63) is 60.1 Å². The molecule has 0 spiro atoms. The quantitative estimate of drug-likeness (QED) is 0.625. The summed E-state index contributed by atoms with van der Waals surface area (Å²) in [6.45, 7) is 3.57. The van der Waals surface area contributed by atoms with Gasteiger partial charge in [0.2, 0.25) is 5.91 Å². The van der Waals surface area contributed by atoms with Gasteiger partial charge < -0.3 is 20.2 Å². The van der Waals surface area contributed by atoms with E-state index in [9.17, 15) is 19.5 Å². The van der Waals surface area contributed by atoms with Crippen LogP contribution in [0.15, 0.2) is 53.1 Å². The molecule has 2 unspecified atom stereocenters. The standard InChI is InChI=1S/C20H24N2O5/c1-13(2)17(22-18(23)16-9-6-10-27-16)19(24)21-12-15(20(25)26)11-14-7-4-3-5-8-14/h3-10,13,15,17H,11-12H2,1-2H3,(H,21,24)(H,22,23)(H,25,26). The molecule has 1 aromatic carbocycles. The van der Waals surface area contributed by atoms with Gasteiger partial charge in [0.1, 0.15) is 6.04 Å². The molecule has 0 aliphatic rings. The van der Waals surface area contributed by atoms with Crippen molar-refractivity contribution in [3.8, 4) is 0 Å². The fraction of sp³-hybridized carbons (Fsp3) is 0.350. The topological polar surface area (TPSA) is 109 Å². The maximum absolute atomic E-state index is 12.5. The number of hydrogen-bond acceptors (Lipinski definition) is 4. The van der Waals surface area contributed by atoms with E-state index < -0.39 is 29.7 Å². The molecule has 7 nitrogen and oxygen atoms in total. The number of rotatable bonds is 9. The maximum Gasteiger partial charge on any atom is 0.308 e. The number of furan rings is 1. The number of nitrogens with one attached hydrogen (secondary N) is 2. The summed E-state index contributed by atoms with van der Waals surface area (Å²) < 4.78 is 5.03. The lowest BCUT2D eigenvalue weighted by molar-refractivity contribution is -0.141. The average Bonchev–Trinajstić information content (AvgIpc) is 3.18. The van der Waals surface area contributed by atoms with E-state index in [1.807, 2.05) is 30.3 Å². The number of benzene rings is 1. The minimum absolute atomic E-state index is 0.0249. The summed E-state index contributed by atoms with van der Waals surface area (Å²) in [5, 5.41) is 14.7. The van der Waals surface area contributed by atoms with E-state index in [1.165, 1.54) is 12.3 Å². The monoisotopic (exact) mass is 372 g/mol. The Morgan fingerprint density at radius 2 is 1.78 bits per heavy atom. The Balaban J connectivity index is 1.96. The molecule has 0 aliphatic carbocycles. The van der Waals surface area contributed by atoms with Gasteiger partial charge in [-0.2, -0.15) is 0 Å². The van der Waals surface area contributed by atoms with E-state index >= 15 is 0 Å². The largest absolute Gasteiger partial charge is 0.481 e. The molecule has 0 saturated heterocycles. The predicted octanol–water partition coefficient (Wildman–Crippen LogP) is 2.09. The average molecular weight is 372 g/mol. The normalized spacial score (nSPS) is 13.0. The highest BCUT2D eigenvalue weighted by Gasteiger charge is 2.27. The number of carboxylic acid groups (broad SMARTS) is 1. The highest BCUT2D eigenvalue weighted by Crippen LogP contribution is 2.10. The summed E-state index contributed by atoms with van der Waals surface area (Å²) in [6.07, 6.45) is 1.68. The maximum atomic E-state index is 12.5. The van der Waals surface area contributed by atoms with Crippen LogP contribution in [0.25, 0.3) is 0 Å². The molecule has 1 heterocycles. The van der Waals surface area contributed by atoms with E-state index in [1.54, 1.807) is 19.9 Å². The van der Waals surface area contributed by atoms with E-state index in [-0.39, 0.29) is 18.2 Å². The Hall–Kier alpha value is -3.09. The van der Waals surface area contributed by atoms with Crippen molar-refractivity contribution in [1.29, 1.82) is 0 Å². The molecule has 7 heteroatoms. The van der Waals surface area contributed by atoms with Crippen LogP contribution in [0.4, 0.5) is 0 Å². The second-order valence-corrected chi connectivity index (χ2v) is 6.64. The minimum atomic E-state index is -0.986. The zero-order chi connectivity index (χ0) is 19.8. The number of aliphatic carboxylic acids is 1. The SMILES string of the molecule is CC(C)C(NC(=O)c1ccco1)C(=O)NCC(Cc1ccccc1)C(=O)O. The molecule has 0 radical (unpaired) electrons. The molecule has 2 aromatic rings. The van der Waals surface area contributed by atoms with Gasteiger partial charge in [0.15, 0.2) is 5.76 Å². The number of carbonyl (C=O) groups excluding carboxylic acids is 2. The number of carboxylic acids is 1. The summed E-state index contributed by atoms with van der Waals surface area (Å²) >= 11 is 0. The third kappa shape index (κ3) is 5.99. The van der Waals surface area contributed by atoms with E-state index in [4.69, 9.17) is 4.42 Å². The second-order valence-electron chi connectivity index (χ2n) is 6.64. The first-order chi connectivity index (χ1) is 12.9. The third-order valence-electron chi connectivity index (χ3n) is 4.18. The molecule has 2 amide bonds. The van der Waals surface area contributed by atoms with Crippen molar-refractivity contribution in [2.75, 3.05) is 6.54 Å². The van der Waals surface area contributed by atoms with Gasteiger partial charge in [-0.15, -0.1) is 0 Å². The Bertz CT molecular complexity index is 756. The van der Waals surface area contributed by atoms with Crippen molar-refractivity contribution < 1.29 is 23.9 Å². The summed E-state index contributed by atoms with van der Waals surface area (Å²) in [5.74, 6) is -2.73. The van der Waals surface area contributed by atoms with Crippen molar-refractivity contribution in [2.24, 2.45) is 11.8 Å². The molecular formula is C20H24N2O5. The van der Waals surface area contributed by atoms with E-state index in [0.29, 0.717) is 6.42 Å². The van der Waals surface area contributed by atoms with Crippen molar-refractivity contribution >= 4 is 17.8 Å². The zero-order valence-electron chi connectivity index (χ0n) is 15.3. The summed E-state index contributed by atoms with van der Waals surface area (Å²) in [5.41, 5.74) is 0.880. The predicted molar refractivity (Wildman–Crippen MR) is 99.1 cm³/mol. The first kappa shape index (κ1) is 20.2. The number of hydrogen-bond donors (Lipinski definition) is 3. The third-order valence-corrected chi connectivity index (χ3v) is 4.18. The van der Waals surface area contributed by atoms with Crippen molar-refractivity contribution in [2.45, 2.75) is 26.3 Å². The number of carbonyl (C=O) groups is 3. The molecule has 3 N–H and O–H groups in total. The molecule has 0 aliphatic heterocycles. The minimum Gasteiger partial charge on any atom is -0.481 e. The van der Waals surface area contributed by atoms with Crippen LogP contribution >= 0.6 is 0 Å². The van der Waals surface area contributed by atoms with Gasteiger partial charge in [0.25, 0.3) is 5.91 Å². The van der Waals surface area contributed by atoms with Crippen molar-refractivity contribution in [1.82, 2.24) is 10.6 Å². The van der Waals surface area contributed by atoms with Gasteiger partial charge >= 0.3 is 5.97 Å². The lowest BCUT2D eigenvalue weighted by atomic mass is 9.98. The molecule has 0 saturated carbocycles. The highest BCUT2D eigenvalue weighted by molar-refractivity contribution is 5.95. The molecule has 0 bridgehead atoms. The smallest absolute Gasteiger partial charge is 0.308 e. The zero-order valence-corrected chi connectivity index (χ0v) is 15.3. The Morgan fingerprint density at radius 1 is 1.07 bits per heavy atom. The molecule has 0 fully saturated rings. The Morgan fingerprint density at radius 3 is 2.33 bits per heavy atom. The molecular weight excluding hydrogens is 348 g/mol. The fourth-order valence-corrected chi connectivity index (χ4v) is 2.63. The van der Waals surface area contributed by atoms with Crippen LogP contribution < -0.4 is 10.6 Å². The van der Waals surface area contributed by atoms with Gasteiger partial charge in [0.05, 0.1) is 12.2 Å². The summed E-state index contributed by atoms with van der Waals surface area (Å²) in [4.78, 5) is 36.2. The lowest BCUT2D eigenvalue weighted by Gasteiger charge is -2.22. The Labute approximate surface area is 157 Å². The van der Waals surface area contributed by atoms with Crippen LogP contribution in [0.5, 0.6) is 0 Å². The van der Waals surface area contributed by atoms with Gasteiger partial charge in [-0.1, -0.05) is 44.2 Å². The summed E-state index contributed by atoms with van der Waals surface area (Å²) in [7, 11) is 0. The van der Waals surface area contributed by atoms with Crippen LogP contribution in [0.1, 0.15) is 30.0 Å². The molecule has 2 rings (SSSR count). The second kappa shape index (κ2) is 9.56. The first-order valence-corrected chi connectivity index (χ1v) is 8.77. The highest BCUT2D eigenvalue weighted by atomic mass is 16.4. The Kier molecular flexibility index (Phi) is 7.16. The first-order valence-electron chi connectivity index (χ1n) is 8.77. The van der Waals surface area contributed by atoms with Gasteiger partial charge in [-0.25, -0.2) is 0 Å². The molecule has 2 atom stereocenters. The fourth-order valence-electron chi connectivity index (χ4n) is 2.63. The van der Waals surface area contributed by atoms with Gasteiger partial charge in [-0.3, -0.25) is 14.4 Å².